The summed E-state index contributed by atoms with van der Waals surface area (Å²) in [5.41, 5.74) is 0.889. The van der Waals surface area contributed by atoms with Gasteiger partial charge in [-0.2, -0.15) is 0 Å². The quantitative estimate of drug-likeness (QED) is 0.787. The Labute approximate surface area is 136 Å². The SMILES string of the molecule is S=C(Nc1ccccc1Cl)NC1C2CC3CC(C2)CC1C3. The first-order valence-electron chi connectivity index (χ1n) is 8.01. The van der Waals surface area contributed by atoms with Gasteiger partial charge in [0.2, 0.25) is 0 Å². The molecule has 112 valence electrons. The van der Waals surface area contributed by atoms with Gasteiger partial charge in [0.25, 0.3) is 0 Å². The van der Waals surface area contributed by atoms with Gasteiger partial charge in [-0.25, -0.2) is 0 Å². The molecule has 0 heterocycles. The minimum Gasteiger partial charge on any atom is -0.359 e. The van der Waals surface area contributed by atoms with Crippen molar-refractivity contribution >= 4 is 34.6 Å². The van der Waals surface area contributed by atoms with Gasteiger partial charge < -0.3 is 10.6 Å². The summed E-state index contributed by atoms with van der Waals surface area (Å²) < 4.78 is 0. The van der Waals surface area contributed by atoms with Crippen LogP contribution in [0.4, 0.5) is 5.69 Å². The normalized spacial score (nSPS) is 36.5. The third-order valence-corrected chi connectivity index (χ3v) is 6.20. The Morgan fingerprint density at radius 3 is 2.24 bits per heavy atom. The van der Waals surface area contributed by atoms with Crippen LogP contribution in [0.3, 0.4) is 0 Å². The molecular formula is C17H21ClN2S. The Morgan fingerprint density at radius 1 is 1.00 bits per heavy atom. The van der Waals surface area contributed by atoms with E-state index in [2.05, 4.69) is 10.6 Å². The first kappa shape index (κ1) is 13.8. The predicted octanol–water partition coefficient (Wildman–Crippen LogP) is 4.45. The number of para-hydroxylation sites is 1. The monoisotopic (exact) mass is 320 g/mol. The van der Waals surface area contributed by atoms with Gasteiger partial charge in [-0.1, -0.05) is 23.7 Å². The second-order valence-corrected chi connectivity index (χ2v) is 7.85. The minimum absolute atomic E-state index is 0.570. The van der Waals surface area contributed by atoms with Gasteiger partial charge in [0.05, 0.1) is 10.7 Å². The van der Waals surface area contributed by atoms with E-state index in [-0.39, 0.29) is 0 Å². The van der Waals surface area contributed by atoms with E-state index in [0.717, 1.165) is 34.5 Å². The molecule has 1 aromatic rings. The van der Waals surface area contributed by atoms with Crippen LogP contribution in [-0.2, 0) is 0 Å². The molecule has 5 rings (SSSR count). The van der Waals surface area contributed by atoms with Crippen LogP contribution in [0.15, 0.2) is 24.3 Å². The number of hydrogen-bond donors (Lipinski definition) is 2. The predicted molar refractivity (Wildman–Crippen MR) is 91.6 cm³/mol. The number of halogens is 1. The van der Waals surface area contributed by atoms with Gasteiger partial charge in [-0.3, -0.25) is 0 Å². The van der Waals surface area contributed by atoms with Crippen molar-refractivity contribution in [2.24, 2.45) is 23.7 Å². The number of nitrogens with one attached hydrogen (secondary N) is 2. The van der Waals surface area contributed by atoms with E-state index >= 15 is 0 Å². The summed E-state index contributed by atoms with van der Waals surface area (Å²) in [5.74, 6) is 3.64. The van der Waals surface area contributed by atoms with Crippen LogP contribution in [0.25, 0.3) is 0 Å². The van der Waals surface area contributed by atoms with E-state index in [1.807, 2.05) is 24.3 Å². The largest absolute Gasteiger partial charge is 0.359 e. The van der Waals surface area contributed by atoms with Gasteiger partial charge in [0.1, 0.15) is 0 Å². The summed E-state index contributed by atoms with van der Waals surface area (Å²) in [7, 11) is 0. The van der Waals surface area contributed by atoms with E-state index in [1.54, 1.807) is 0 Å². The van der Waals surface area contributed by atoms with Crippen LogP contribution in [0.2, 0.25) is 5.02 Å². The van der Waals surface area contributed by atoms with Crippen molar-refractivity contribution in [2.45, 2.75) is 38.1 Å². The molecule has 2 N–H and O–H groups in total. The summed E-state index contributed by atoms with van der Waals surface area (Å²) in [6.07, 6.45) is 7.10. The average Bonchev–Trinajstić information content (AvgIpc) is 2.44. The maximum Gasteiger partial charge on any atom is 0.171 e. The molecule has 4 saturated carbocycles. The van der Waals surface area contributed by atoms with Gasteiger partial charge in [-0.15, -0.1) is 0 Å². The van der Waals surface area contributed by atoms with Crippen LogP contribution in [0.1, 0.15) is 32.1 Å². The third kappa shape index (κ3) is 2.66. The van der Waals surface area contributed by atoms with Gasteiger partial charge in [0, 0.05) is 6.04 Å². The van der Waals surface area contributed by atoms with E-state index in [1.165, 1.54) is 32.1 Å². The number of rotatable bonds is 2. The number of hydrogen-bond acceptors (Lipinski definition) is 1. The lowest BCUT2D eigenvalue weighted by Crippen LogP contribution is -2.56. The Hall–Kier alpha value is -0.800. The number of benzene rings is 1. The van der Waals surface area contributed by atoms with Crippen LogP contribution in [0.5, 0.6) is 0 Å². The fourth-order valence-corrected chi connectivity index (χ4v) is 5.46. The van der Waals surface area contributed by atoms with E-state index in [9.17, 15) is 0 Å². The van der Waals surface area contributed by atoms with Gasteiger partial charge >= 0.3 is 0 Å². The molecule has 0 spiro atoms. The molecular weight excluding hydrogens is 300 g/mol. The van der Waals surface area contributed by atoms with Crippen molar-refractivity contribution in [1.29, 1.82) is 0 Å². The first-order chi connectivity index (χ1) is 10.2. The van der Waals surface area contributed by atoms with Crippen molar-refractivity contribution in [3.8, 4) is 0 Å². The summed E-state index contributed by atoms with van der Waals surface area (Å²) in [6.45, 7) is 0. The highest BCUT2D eigenvalue weighted by Crippen LogP contribution is 2.53. The molecule has 4 fully saturated rings. The molecule has 4 aliphatic carbocycles. The topological polar surface area (TPSA) is 24.1 Å². The lowest BCUT2D eigenvalue weighted by atomic mass is 9.54. The standard InChI is InChI=1S/C17H21ClN2S/c18-14-3-1-2-4-15(14)19-17(21)20-16-12-6-10-5-11(8-12)9-13(16)7-10/h1-4,10-13,16H,5-9H2,(H2,19,20,21). The zero-order chi connectivity index (χ0) is 14.4. The van der Waals surface area contributed by atoms with Crippen molar-refractivity contribution in [1.82, 2.24) is 5.32 Å². The maximum absolute atomic E-state index is 6.18. The van der Waals surface area contributed by atoms with Gasteiger partial charge in [0.15, 0.2) is 5.11 Å². The molecule has 4 bridgehead atoms. The van der Waals surface area contributed by atoms with E-state index < -0.39 is 0 Å². The lowest BCUT2D eigenvalue weighted by Gasteiger charge is -2.54. The first-order valence-corrected chi connectivity index (χ1v) is 8.79. The molecule has 0 saturated heterocycles. The Balaban J connectivity index is 1.42. The fourth-order valence-electron chi connectivity index (χ4n) is 5.03. The highest BCUT2D eigenvalue weighted by molar-refractivity contribution is 7.80. The van der Waals surface area contributed by atoms with Crippen LogP contribution in [-0.4, -0.2) is 11.2 Å². The van der Waals surface area contributed by atoms with Crippen molar-refractivity contribution in [2.75, 3.05) is 5.32 Å². The minimum atomic E-state index is 0.570. The fraction of sp³-hybridized carbons (Fsp3) is 0.588. The molecule has 21 heavy (non-hydrogen) atoms. The summed E-state index contributed by atoms with van der Waals surface area (Å²) in [5, 5.41) is 8.29. The highest BCUT2D eigenvalue weighted by atomic mass is 35.5. The Morgan fingerprint density at radius 2 is 1.62 bits per heavy atom. The summed E-state index contributed by atoms with van der Waals surface area (Å²) in [6, 6.07) is 8.32. The molecule has 0 radical (unpaired) electrons. The molecule has 4 aliphatic rings. The molecule has 4 heteroatoms. The van der Waals surface area contributed by atoms with Crippen molar-refractivity contribution in [3.63, 3.8) is 0 Å². The van der Waals surface area contributed by atoms with Crippen LogP contribution in [0, 0.1) is 23.7 Å². The van der Waals surface area contributed by atoms with E-state index in [4.69, 9.17) is 23.8 Å². The molecule has 1 aromatic carbocycles. The second kappa shape index (κ2) is 5.44. The Bertz CT molecular complexity index is 531. The second-order valence-electron chi connectivity index (χ2n) is 7.03. The molecule has 0 aliphatic heterocycles. The van der Waals surface area contributed by atoms with Crippen molar-refractivity contribution in [3.05, 3.63) is 29.3 Å². The van der Waals surface area contributed by atoms with Crippen molar-refractivity contribution < 1.29 is 0 Å². The number of anilines is 1. The average molecular weight is 321 g/mol. The Kier molecular flexibility index (Phi) is 3.58. The molecule has 2 nitrogen and oxygen atoms in total. The van der Waals surface area contributed by atoms with Crippen LogP contribution < -0.4 is 10.6 Å². The highest BCUT2D eigenvalue weighted by Gasteiger charge is 2.48. The maximum atomic E-state index is 6.18. The molecule has 0 atom stereocenters. The molecule has 0 unspecified atom stereocenters. The summed E-state index contributed by atoms with van der Waals surface area (Å²) in [4.78, 5) is 0. The third-order valence-electron chi connectivity index (χ3n) is 5.65. The zero-order valence-corrected chi connectivity index (χ0v) is 13.6. The van der Waals surface area contributed by atoms with Gasteiger partial charge in [-0.05, 0) is 80.1 Å². The number of thiocarbonyl (C=S) groups is 1. The summed E-state index contributed by atoms with van der Waals surface area (Å²) >= 11 is 11.7. The smallest absolute Gasteiger partial charge is 0.171 e. The van der Waals surface area contributed by atoms with E-state index in [0.29, 0.717) is 11.1 Å². The lowest BCUT2D eigenvalue weighted by molar-refractivity contribution is -0.00665. The zero-order valence-electron chi connectivity index (χ0n) is 12.0. The van der Waals surface area contributed by atoms with Crippen LogP contribution >= 0.6 is 23.8 Å². The molecule has 0 amide bonds. The molecule has 0 aromatic heterocycles.